The van der Waals surface area contributed by atoms with Crippen LogP contribution in [0.25, 0.3) is 16.6 Å². The van der Waals surface area contributed by atoms with Gasteiger partial charge in [0.15, 0.2) is 0 Å². The van der Waals surface area contributed by atoms with Crippen molar-refractivity contribution in [3.05, 3.63) is 65.7 Å². The molecule has 0 saturated heterocycles. The first-order chi connectivity index (χ1) is 16.6. The van der Waals surface area contributed by atoms with Crippen molar-refractivity contribution in [1.82, 2.24) is 19.4 Å². The SMILES string of the molecule is Cn1cc(-c2cc3c(N[C@@H]4CC[C@](C)(N)C4(C)C)c(C(N)=Nc4ccccc4Cl)cnn3c2)cn1. The van der Waals surface area contributed by atoms with Gasteiger partial charge >= 0.3 is 0 Å². The van der Waals surface area contributed by atoms with Crippen LogP contribution in [0.15, 0.2) is 60.1 Å². The van der Waals surface area contributed by atoms with Crippen LogP contribution in [-0.4, -0.2) is 36.8 Å². The van der Waals surface area contributed by atoms with Crippen molar-refractivity contribution < 1.29 is 0 Å². The van der Waals surface area contributed by atoms with E-state index in [-0.39, 0.29) is 17.0 Å². The van der Waals surface area contributed by atoms with E-state index in [1.54, 1.807) is 16.9 Å². The lowest BCUT2D eigenvalue weighted by molar-refractivity contribution is 0.215. The lowest BCUT2D eigenvalue weighted by Crippen LogP contribution is -2.51. The second kappa shape index (κ2) is 8.39. The van der Waals surface area contributed by atoms with E-state index in [9.17, 15) is 0 Å². The van der Waals surface area contributed by atoms with Crippen molar-refractivity contribution in [3.8, 4) is 11.1 Å². The number of halogens is 1. The molecule has 8 nitrogen and oxygen atoms in total. The van der Waals surface area contributed by atoms with Gasteiger partial charge in [0, 0.05) is 47.6 Å². The molecule has 9 heteroatoms. The average molecular weight is 491 g/mol. The largest absolute Gasteiger partial charge is 0.383 e. The van der Waals surface area contributed by atoms with Gasteiger partial charge in [-0.05, 0) is 38.0 Å². The van der Waals surface area contributed by atoms with Gasteiger partial charge < -0.3 is 16.8 Å². The third-order valence-corrected chi connectivity index (χ3v) is 7.98. The minimum Gasteiger partial charge on any atom is -0.383 e. The van der Waals surface area contributed by atoms with E-state index in [2.05, 4.69) is 47.3 Å². The number of benzene rings is 1. The maximum absolute atomic E-state index is 6.68. The molecule has 182 valence electrons. The number of nitrogens with two attached hydrogens (primary N) is 2. The van der Waals surface area contributed by atoms with Crippen LogP contribution in [0.5, 0.6) is 0 Å². The highest BCUT2D eigenvalue weighted by atomic mass is 35.5. The molecule has 3 heterocycles. The lowest BCUT2D eigenvalue weighted by Gasteiger charge is -2.39. The number of hydrogen-bond donors (Lipinski definition) is 3. The quantitative estimate of drug-likeness (QED) is 0.276. The normalized spacial score (nSPS) is 22.1. The molecule has 1 aromatic carbocycles. The topological polar surface area (TPSA) is 112 Å². The molecular formula is C26H31ClN8. The third kappa shape index (κ3) is 4.06. The summed E-state index contributed by atoms with van der Waals surface area (Å²) in [6.45, 7) is 6.56. The summed E-state index contributed by atoms with van der Waals surface area (Å²) in [7, 11) is 1.90. The maximum Gasteiger partial charge on any atom is 0.135 e. The zero-order chi connectivity index (χ0) is 25.0. The molecule has 3 aromatic heterocycles. The van der Waals surface area contributed by atoms with Crippen LogP contribution in [0.4, 0.5) is 11.4 Å². The Bertz CT molecular complexity index is 1430. The molecule has 35 heavy (non-hydrogen) atoms. The highest BCUT2D eigenvalue weighted by Crippen LogP contribution is 2.46. The van der Waals surface area contributed by atoms with Crippen LogP contribution in [0, 0.1) is 5.41 Å². The number of para-hydroxylation sites is 1. The van der Waals surface area contributed by atoms with Gasteiger partial charge in [-0.2, -0.15) is 10.2 Å². The van der Waals surface area contributed by atoms with E-state index in [0.717, 1.165) is 40.7 Å². The number of aromatic nitrogens is 4. The first kappa shape index (κ1) is 23.4. The van der Waals surface area contributed by atoms with Crippen LogP contribution >= 0.6 is 11.6 Å². The summed E-state index contributed by atoms with van der Waals surface area (Å²) >= 11 is 6.35. The van der Waals surface area contributed by atoms with Gasteiger partial charge in [0.05, 0.1) is 39.9 Å². The Morgan fingerprint density at radius 2 is 1.91 bits per heavy atom. The first-order valence-electron chi connectivity index (χ1n) is 11.7. The number of aliphatic imine (C=N–C) groups is 1. The van der Waals surface area contributed by atoms with Crippen molar-refractivity contribution in [2.75, 3.05) is 5.32 Å². The summed E-state index contributed by atoms with van der Waals surface area (Å²) < 4.78 is 3.65. The van der Waals surface area contributed by atoms with Gasteiger partial charge in [-0.15, -0.1) is 0 Å². The second-order valence-electron chi connectivity index (χ2n) is 10.2. The summed E-state index contributed by atoms with van der Waals surface area (Å²) in [4.78, 5) is 4.64. The molecule has 1 aliphatic carbocycles. The number of aryl methyl sites for hydroxylation is 1. The molecular weight excluding hydrogens is 460 g/mol. The van der Waals surface area contributed by atoms with E-state index >= 15 is 0 Å². The number of hydrogen-bond acceptors (Lipinski definition) is 5. The van der Waals surface area contributed by atoms with Gasteiger partial charge in [-0.3, -0.25) is 4.68 Å². The second-order valence-corrected chi connectivity index (χ2v) is 10.6. The van der Waals surface area contributed by atoms with Gasteiger partial charge in [0.2, 0.25) is 0 Å². The maximum atomic E-state index is 6.68. The zero-order valence-electron chi connectivity index (χ0n) is 20.5. The number of fused-ring (bicyclic) bond motifs is 1. The number of nitrogens with one attached hydrogen (secondary N) is 1. The predicted octanol–water partition coefficient (Wildman–Crippen LogP) is 4.74. The fourth-order valence-electron chi connectivity index (χ4n) is 4.82. The first-order valence-corrected chi connectivity index (χ1v) is 12.1. The fraction of sp³-hybridized carbons (Fsp3) is 0.346. The van der Waals surface area contributed by atoms with E-state index in [0.29, 0.717) is 16.5 Å². The number of amidine groups is 1. The van der Waals surface area contributed by atoms with Gasteiger partial charge in [-0.25, -0.2) is 9.51 Å². The van der Waals surface area contributed by atoms with Crippen LogP contribution in [0.3, 0.4) is 0 Å². The summed E-state index contributed by atoms with van der Waals surface area (Å²) in [5.74, 6) is 0.339. The summed E-state index contributed by atoms with van der Waals surface area (Å²) in [5.41, 5.74) is 18.0. The van der Waals surface area contributed by atoms with E-state index < -0.39 is 0 Å². The Morgan fingerprint density at radius 1 is 1.14 bits per heavy atom. The Hall–Kier alpha value is -3.36. The highest BCUT2D eigenvalue weighted by molar-refractivity contribution is 6.33. The fourth-order valence-corrected chi connectivity index (χ4v) is 4.99. The third-order valence-electron chi connectivity index (χ3n) is 7.66. The monoisotopic (exact) mass is 490 g/mol. The van der Waals surface area contributed by atoms with Crippen LogP contribution < -0.4 is 16.8 Å². The Morgan fingerprint density at radius 3 is 2.57 bits per heavy atom. The smallest absolute Gasteiger partial charge is 0.135 e. The van der Waals surface area contributed by atoms with Crippen LogP contribution in [-0.2, 0) is 7.05 Å². The molecule has 2 atom stereocenters. The number of rotatable bonds is 5. The van der Waals surface area contributed by atoms with Crippen molar-refractivity contribution in [2.45, 2.75) is 45.2 Å². The average Bonchev–Trinajstić information content (AvgIpc) is 3.48. The predicted molar refractivity (Wildman–Crippen MR) is 142 cm³/mol. The minimum atomic E-state index is -0.284. The summed E-state index contributed by atoms with van der Waals surface area (Å²) in [5, 5.41) is 13.3. The molecule has 0 bridgehead atoms. The van der Waals surface area contributed by atoms with Gasteiger partial charge in [0.25, 0.3) is 0 Å². The Balaban J connectivity index is 1.65. The molecule has 1 aliphatic rings. The summed E-state index contributed by atoms with van der Waals surface area (Å²) in [6, 6.07) is 9.63. The van der Waals surface area contributed by atoms with Crippen molar-refractivity contribution >= 4 is 34.3 Å². The molecule has 5 N–H and O–H groups in total. The van der Waals surface area contributed by atoms with Gasteiger partial charge in [0.1, 0.15) is 5.84 Å². The van der Waals surface area contributed by atoms with Crippen molar-refractivity contribution in [2.24, 2.45) is 28.9 Å². The molecule has 0 spiro atoms. The zero-order valence-corrected chi connectivity index (χ0v) is 21.2. The van der Waals surface area contributed by atoms with Gasteiger partial charge in [-0.1, -0.05) is 37.6 Å². The number of nitrogens with zero attached hydrogens (tertiary/aromatic N) is 5. The van der Waals surface area contributed by atoms with Crippen LogP contribution in [0.2, 0.25) is 5.02 Å². The molecule has 5 rings (SSSR count). The molecule has 0 aliphatic heterocycles. The molecule has 1 fully saturated rings. The van der Waals surface area contributed by atoms with Crippen molar-refractivity contribution in [1.29, 1.82) is 0 Å². The Labute approximate surface area is 210 Å². The highest BCUT2D eigenvalue weighted by Gasteiger charge is 2.49. The number of anilines is 1. The lowest BCUT2D eigenvalue weighted by atomic mass is 9.75. The summed E-state index contributed by atoms with van der Waals surface area (Å²) in [6.07, 6.45) is 9.45. The minimum absolute atomic E-state index is 0.141. The molecule has 0 unspecified atom stereocenters. The Kier molecular flexibility index (Phi) is 5.61. The molecule has 1 saturated carbocycles. The molecule has 0 amide bonds. The van der Waals surface area contributed by atoms with Crippen molar-refractivity contribution in [3.63, 3.8) is 0 Å². The van der Waals surface area contributed by atoms with Crippen LogP contribution in [0.1, 0.15) is 39.2 Å². The standard InChI is InChI=1S/C26H31ClN8/c1-25(2)22(9-10-26(25,3)29)33-23-18(24(28)32-20-8-6-5-7-19(20)27)13-31-35-15-16(11-21(23)35)17-12-30-34(4)14-17/h5-8,11-15,22,33H,9-10,29H2,1-4H3,(H2,28,32)/t22-,26+/m1/s1. The molecule has 4 aromatic rings. The van der Waals surface area contributed by atoms with E-state index in [4.69, 9.17) is 23.1 Å². The molecule has 0 radical (unpaired) electrons. The van der Waals surface area contributed by atoms with E-state index in [1.165, 1.54) is 0 Å². The van der Waals surface area contributed by atoms with E-state index in [1.807, 2.05) is 48.4 Å².